The van der Waals surface area contributed by atoms with Gasteiger partial charge in [0.15, 0.2) is 0 Å². The fourth-order valence-electron chi connectivity index (χ4n) is 4.63. The number of carboxylic acids is 1. The van der Waals surface area contributed by atoms with Crippen LogP contribution in [-0.4, -0.2) is 16.1 Å². The molecule has 0 amide bonds. The van der Waals surface area contributed by atoms with E-state index < -0.39 is 5.97 Å². The lowest BCUT2D eigenvalue weighted by atomic mass is 9.75. The van der Waals surface area contributed by atoms with Gasteiger partial charge in [0.2, 0.25) is 0 Å². The van der Waals surface area contributed by atoms with Crippen molar-refractivity contribution < 1.29 is 9.90 Å². The average Bonchev–Trinajstić information content (AvgIpc) is 2.78. The van der Waals surface area contributed by atoms with Crippen LogP contribution >= 0.6 is 0 Å². The normalized spacial score (nSPS) is 19.6. The first-order valence-corrected chi connectivity index (χ1v) is 11.6. The molecule has 0 bridgehead atoms. The Morgan fingerprint density at radius 2 is 1.77 bits per heavy atom. The molecule has 30 heavy (non-hydrogen) atoms. The van der Waals surface area contributed by atoms with Gasteiger partial charge in [0.1, 0.15) is 0 Å². The number of hydrogen-bond donors (Lipinski definition) is 1. The van der Waals surface area contributed by atoms with Crippen molar-refractivity contribution in [1.29, 1.82) is 0 Å². The van der Waals surface area contributed by atoms with Crippen molar-refractivity contribution >= 4 is 5.97 Å². The summed E-state index contributed by atoms with van der Waals surface area (Å²) in [5.74, 6) is -0.00702. The quantitative estimate of drug-likeness (QED) is 0.355. The largest absolute Gasteiger partial charge is 0.478 e. The molecule has 3 rings (SSSR count). The maximum Gasteiger partial charge on any atom is 0.331 e. The number of carbonyl (C=O) groups is 1. The second-order valence-corrected chi connectivity index (χ2v) is 8.55. The van der Waals surface area contributed by atoms with Crippen molar-refractivity contribution in [3.8, 4) is 11.3 Å². The molecule has 1 aromatic heterocycles. The second kappa shape index (κ2) is 11.1. The molecule has 0 spiro atoms. The minimum atomic E-state index is -0.742. The van der Waals surface area contributed by atoms with Gasteiger partial charge in [0, 0.05) is 17.3 Å². The van der Waals surface area contributed by atoms with Crippen molar-refractivity contribution in [2.24, 2.45) is 5.92 Å². The Kier molecular flexibility index (Phi) is 8.24. The Bertz CT molecular complexity index is 828. The van der Waals surface area contributed by atoms with E-state index >= 15 is 0 Å². The molecule has 0 unspecified atom stereocenters. The van der Waals surface area contributed by atoms with E-state index in [1.807, 2.05) is 19.2 Å². The van der Waals surface area contributed by atoms with Crippen molar-refractivity contribution in [3.05, 3.63) is 65.4 Å². The number of carboxylic acid groups (broad SMARTS) is 1. The number of pyridine rings is 1. The van der Waals surface area contributed by atoms with Gasteiger partial charge in [-0.15, -0.1) is 0 Å². The molecule has 1 saturated carbocycles. The van der Waals surface area contributed by atoms with Crippen molar-refractivity contribution in [3.63, 3.8) is 0 Å². The lowest BCUT2D eigenvalue weighted by molar-refractivity contribution is -0.133. The zero-order valence-electron chi connectivity index (χ0n) is 18.4. The molecular formula is C27H35NO2. The predicted octanol–water partition coefficient (Wildman–Crippen LogP) is 7.18. The van der Waals surface area contributed by atoms with Gasteiger partial charge in [-0.1, -0.05) is 63.1 Å². The molecule has 3 heteroatoms. The number of hydrogen-bond acceptors (Lipinski definition) is 2. The van der Waals surface area contributed by atoms with E-state index in [1.165, 1.54) is 30.4 Å². The summed E-state index contributed by atoms with van der Waals surface area (Å²) in [6, 6.07) is 13.2. The van der Waals surface area contributed by atoms with Crippen LogP contribution in [0.1, 0.15) is 82.3 Å². The number of unbranched alkanes of at least 4 members (excludes halogenated alkanes) is 2. The number of nitrogens with zero attached hydrogens (tertiary/aromatic N) is 1. The number of rotatable bonds is 9. The van der Waals surface area contributed by atoms with Crippen LogP contribution in [-0.2, 0) is 11.2 Å². The minimum Gasteiger partial charge on any atom is -0.478 e. The second-order valence-electron chi connectivity index (χ2n) is 8.55. The highest BCUT2D eigenvalue weighted by molar-refractivity contribution is 5.87. The molecule has 1 aromatic carbocycles. The van der Waals surface area contributed by atoms with Gasteiger partial charge in [-0.05, 0) is 74.0 Å². The van der Waals surface area contributed by atoms with Crippen molar-refractivity contribution in [1.82, 2.24) is 4.98 Å². The van der Waals surface area contributed by atoms with Crippen LogP contribution in [0.3, 0.4) is 0 Å². The lowest BCUT2D eigenvalue weighted by Gasteiger charge is -2.29. The number of aromatic nitrogens is 1. The van der Waals surface area contributed by atoms with E-state index in [0.717, 1.165) is 49.8 Å². The molecule has 0 radical (unpaired) electrons. The molecule has 160 valence electrons. The highest BCUT2D eigenvalue weighted by Crippen LogP contribution is 2.39. The zero-order valence-corrected chi connectivity index (χ0v) is 18.4. The third-order valence-electron chi connectivity index (χ3n) is 6.41. The summed E-state index contributed by atoms with van der Waals surface area (Å²) >= 11 is 0. The van der Waals surface area contributed by atoms with Crippen LogP contribution in [0.25, 0.3) is 11.3 Å². The SMILES string of the molecule is CCC=C(C(=O)O)[C@H]1CC[C@H](c2ccc(-c3ccc(CCCCC)cn3)cc2)CC1. The molecule has 1 aliphatic rings. The molecular weight excluding hydrogens is 370 g/mol. The van der Waals surface area contributed by atoms with Gasteiger partial charge in [0.25, 0.3) is 0 Å². The first-order valence-electron chi connectivity index (χ1n) is 11.6. The first-order chi connectivity index (χ1) is 14.6. The summed E-state index contributed by atoms with van der Waals surface area (Å²) in [7, 11) is 0. The van der Waals surface area contributed by atoms with Gasteiger partial charge in [0.05, 0.1) is 5.69 Å². The molecule has 0 atom stereocenters. The Morgan fingerprint density at radius 1 is 1.03 bits per heavy atom. The Balaban J connectivity index is 1.59. The van der Waals surface area contributed by atoms with E-state index in [4.69, 9.17) is 0 Å². The lowest BCUT2D eigenvalue weighted by Crippen LogP contribution is -2.19. The molecule has 2 aromatic rings. The average molecular weight is 406 g/mol. The maximum atomic E-state index is 11.5. The summed E-state index contributed by atoms with van der Waals surface area (Å²) in [6.45, 7) is 4.23. The van der Waals surface area contributed by atoms with Crippen molar-refractivity contribution in [2.45, 2.75) is 77.6 Å². The van der Waals surface area contributed by atoms with Crippen molar-refractivity contribution in [2.75, 3.05) is 0 Å². The maximum absolute atomic E-state index is 11.5. The van der Waals surface area contributed by atoms with Crippen LogP contribution in [0.15, 0.2) is 54.2 Å². The van der Waals surface area contributed by atoms with Crippen LogP contribution in [0, 0.1) is 5.92 Å². The van der Waals surface area contributed by atoms with Gasteiger partial charge >= 0.3 is 5.97 Å². The fraction of sp³-hybridized carbons (Fsp3) is 0.481. The summed E-state index contributed by atoms with van der Waals surface area (Å²) in [5, 5.41) is 9.48. The van der Waals surface area contributed by atoms with Crippen LogP contribution < -0.4 is 0 Å². The smallest absolute Gasteiger partial charge is 0.331 e. The molecule has 0 aliphatic heterocycles. The van der Waals surface area contributed by atoms with E-state index in [9.17, 15) is 9.90 Å². The van der Waals surface area contributed by atoms with E-state index in [1.54, 1.807) is 0 Å². The third-order valence-corrected chi connectivity index (χ3v) is 6.41. The molecule has 1 heterocycles. The molecule has 3 nitrogen and oxygen atoms in total. The molecule has 1 aliphatic carbocycles. The molecule has 1 N–H and O–H groups in total. The topological polar surface area (TPSA) is 50.2 Å². The van der Waals surface area contributed by atoms with E-state index in [0.29, 0.717) is 11.5 Å². The summed E-state index contributed by atoms with van der Waals surface area (Å²) < 4.78 is 0. The van der Waals surface area contributed by atoms with Crippen LogP contribution in [0.5, 0.6) is 0 Å². The highest BCUT2D eigenvalue weighted by atomic mass is 16.4. The highest BCUT2D eigenvalue weighted by Gasteiger charge is 2.27. The number of benzene rings is 1. The van der Waals surface area contributed by atoms with Gasteiger partial charge in [-0.3, -0.25) is 4.98 Å². The Hall–Kier alpha value is -2.42. The number of allylic oxidation sites excluding steroid dienone is 1. The Labute approximate surface area is 181 Å². The van der Waals surface area contributed by atoms with Gasteiger partial charge in [-0.2, -0.15) is 0 Å². The summed E-state index contributed by atoms with van der Waals surface area (Å²) in [4.78, 5) is 16.2. The molecule has 1 fully saturated rings. The monoisotopic (exact) mass is 405 g/mol. The first kappa shape index (κ1) is 22.3. The van der Waals surface area contributed by atoms with E-state index in [-0.39, 0.29) is 5.92 Å². The fourth-order valence-corrected chi connectivity index (χ4v) is 4.63. The number of aliphatic carboxylic acids is 1. The van der Waals surface area contributed by atoms with Crippen LogP contribution in [0.2, 0.25) is 0 Å². The number of aryl methyl sites for hydroxylation is 1. The minimum absolute atomic E-state index is 0.206. The van der Waals surface area contributed by atoms with Gasteiger partial charge in [-0.25, -0.2) is 4.79 Å². The van der Waals surface area contributed by atoms with Crippen LogP contribution in [0.4, 0.5) is 0 Å². The summed E-state index contributed by atoms with van der Waals surface area (Å²) in [6.07, 6.45) is 13.6. The third kappa shape index (κ3) is 5.81. The van der Waals surface area contributed by atoms with Gasteiger partial charge < -0.3 is 5.11 Å². The standard InChI is InChI=1S/C27H35NO2/c1-3-5-6-8-20-9-18-26(28-19-20)24-16-12-22(13-17-24)21-10-14-23(15-11-21)25(7-4-2)27(29)30/h7,9,12-13,16-19,21,23H,3-6,8,10-11,14-15H2,1-2H3,(H,29,30)/t21-,23-. The summed E-state index contributed by atoms with van der Waals surface area (Å²) in [5.41, 5.74) is 5.49. The Morgan fingerprint density at radius 3 is 2.33 bits per heavy atom. The molecule has 0 saturated heterocycles. The zero-order chi connectivity index (χ0) is 21.3. The predicted molar refractivity (Wildman–Crippen MR) is 124 cm³/mol. The van der Waals surface area contributed by atoms with E-state index in [2.05, 4.69) is 48.3 Å².